The van der Waals surface area contributed by atoms with Crippen LogP contribution in [0.5, 0.6) is 0 Å². The fourth-order valence-electron chi connectivity index (χ4n) is 2.79. The van der Waals surface area contributed by atoms with Gasteiger partial charge in [0.05, 0.1) is 11.5 Å². The molecule has 160 valence electrons. The fraction of sp³-hybridized carbons (Fsp3) is 0.333. The monoisotopic (exact) mass is 468 g/mol. The van der Waals surface area contributed by atoms with E-state index in [1.165, 1.54) is 34.0 Å². The van der Waals surface area contributed by atoms with Crippen molar-refractivity contribution < 1.29 is 22.7 Å². The van der Waals surface area contributed by atoms with Crippen molar-refractivity contribution in [2.24, 2.45) is 0 Å². The van der Waals surface area contributed by atoms with Crippen molar-refractivity contribution in [3.8, 4) is 0 Å². The van der Waals surface area contributed by atoms with Gasteiger partial charge in [-0.1, -0.05) is 0 Å². The Morgan fingerprint density at radius 3 is 2.53 bits per heavy atom. The second kappa shape index (κ2) is 9.60. The lowest BCUT2D eigenvalue weighted by Gasteiger charge is -2.15. The second-order valence-electron chi connectivity index (χ2n) is 6.30. The van der Waals surface area contributed by atoms with Crippen molar-refractivity contribution in [3.63, 3.8) is 0 Å². The van der Waals surface area contributed by atoms with E-state index in [4.69, 9.17) is 17.0 Å². The number of hydrogen-bond donors (Lipinski definition) is 2. The van der Waals surface area contributed by atoms with Crippen molar-refractivity contribution in [2.75, 3.05) is 25.0 Å². The molecule has 1 amide bonds. The van der Waals surface area contributed by atoms with Gasteiger partial charge in [-0.2, -0.15) is 4.31 Å². The number of amides is 1. The molecule has 0 saturated carbocycles. The lowest BCUT2D eigenvalue weighted by atomic mass is 10.2. The predicted molar refractivity (Wildman–Crippen MR) is 116 cm³/mol. The number of hydrogen-bond acceptors (Lipinski definition) is 8. The summed E-state index contributed by atoms with van der Waals surface area (Å²) in [6, 6.07) is 5.68. The van der Waals surface area contributed by atoms with Crippen LogP contribution in [0, 0.1) is 0 Å². The maximum absolute atomic E-state index is 12.5. The average molecular weight is 469 g/mol. The Balaban J connectivity index is 1.59. The van der Waals surface area contributed by atoms with Crippen LogP contribution in [0.1, 0.15) is 40.6 Å². The van der Waals surface area contributed by atoms with Crippen LogP contribution < -0.4 is 10.6 Å². The van der Waals surface area contributed by atoms with Gasteiger partial charge in [0.1, 0.15) is 0 Å². The molecule has 0 aliphatic carbocycles. The summed E-state index contributed by atoms with van der Waals surface area (Å²) in [6.07, 6.45) is 1.70. The van der Waals surface area contributed by atoms with Crippen molar-refractivity contribution in [1.29, 1.82) is 0 Å². The summed E-state index contributed by atoms with van der Waals surface area (Å²) < 4.78 is 31.4. The Hall–Kier alpha value is -2.41. The summed E-state index contributed by atoms with van der Waals surface area (Å²) in [7, 11) is -3.54. The van der Waals surface area contributed by atoms with E-state index in [2.05, 4.69) is 15.6 Å². The Kier molecular flexibility index (Phi) is 7.13. The Morgan fingerprint density at radius 2 is 1.90 bits per heavy atom. The van der Waals surface area contributed by atoms with Gasteiger partial charge in [-0.05, 0) is 56.2 Å². The number of aromatic nitrogens is 1. The number of carbonyl (C=O) groups excluding carboxylic acids is 2. The van der Waals surface area contributed by atoms with Gasteiger partial charge in [0.25, 0.3) is 5.91 Å². The molecule has 0 spiro atoms. The van der Waals surface area contributed by atoms with Crippen molar-refractivity contribution in [2.45, 2.75) is 24.7 Å². The molecule has 3 rings (SSSR count). The molecule has 1 aromatic carbocycles. The molecule has 1 fully saturated rings. The van der Waals surface area contributed by atoms with Gasteiger partial charge in [-0.25, -0.2) is 18.2 Å². The van der Waals surface area contributed by atoms with Gasteiger partial charge < -0.3 is 10.1 Å². The summed E-state index contributed by atoms with van der Waals surface area (Å²) in [5.74, 6) is -1.04. The van der Waals surface area contributed by atoms with Crippen LogP contribution in [0.15, 0.2) is 34.5 Å². The molecular formula is C18H20N4O5S3. The summed E-state index contributed by atoms with van der Waals surface area (Å²) in [6.45, 7) is 2.96. The molecular weight excluding hydrogens is 448 g/mol. The molecule has 2 heterocycles. The first-order valence-corrected chi connectivity index (χ1v) is 11.9. The number of rotatable bonds is 6. The third-order valence-electron chi connectivity index (χ3n) is 4.26. The number of benzene rings is 1. The standard InChI is InChI=1S/C18H20N4O5S3/c1-2-27-16(24)14-11-29-18(19-14)21-17(28)20-15(23)12-5-7-13(8-6-12)30(25,26)22-9-3-4-10-22/h5-8,11H,2-4,9-10H2,1H3,(H2,19,20,21,23,28). The minimum atomic E-state index is -3.54. The number of nitrogens with one attached hydrogen (secondary N) is 2. The second-order valence-corrected chi connectivity index (χ2v) is 9.51. The number of thiocarbonyl (C=S) groups is 1. The molecule has 0 bridgehead atoms. The molecule has 1 aliphatic heterocycles. The molecule has 1 saturated heterocycles. The first-order chi connectivity index (χ1) is 14.3. The normalized spacial score (nSPS) is 14.3. The topological polar surface area (TPSA) is 118 Å². The van der Waals surface area contributed by atoms with E-state index in [0.29, 0.717) is 18.2 Å². The molecule has 0 unspecified atom stereocenters. The predicted octanol–water partition coefficient (Wildman–Crippen LogP) is 2.23. The summed E-state index contributed by atoms with van der Waals surface area (Å²) in [5, 5.41) is 7.07. The largest absolute Gasteiger partial charge is 0.461 e. The number of carbonyl (C=O) groups is 2. The number of nitrogens with zero attached hydrogens (tertiary/aromatic N) is 2. The fourth-order valence-corrected chi connectivity index (χ4v) is 5.24. The molecule has 2 N–H and O–H groups in total. The Morgan fingerprint density at radius 1 is 1.23 bits per heavy atom. The zero-order valence-corrected chi connectivity index (χ0v) is 18.5. The maximum Gasteiger partial charge on any atom is 0.357 e. The third kappa shape index (κ3) is 5.19. The zero-order valence-electron chi connectivity index (χ0n) is 16.1. The minimum absolute atomic E-state index is 0.00137. The van der Waals surface area contributed by atoms with E-state index in [-0.39, 0.29) is 27.9 Å². The maximum atomic E-state index is 12.5. The molecule has 9 nitrogen and oxygen atoms in total. The number of sulfonamides is 1. The minimum Gasteiger partial charge on any atom is -0.461 e. The first kappa shape index (κ1) is 22.3. The van der Waals surface area contributed by atoms with Crippen LogP contribution in [-0.4, -0.2) is 54.4 Å². The van der Waals surface area contributed by atoms with E-state index in [1.807, 2.05) is 0 Å². The highest BCUT2D eigenvalue weighted by molar-refractivity contribution is 7.89. The average Bonchev–Trinajstić information content (AvgIpc) is 3.41. The molecule has 2 aromatic rings. The van der Waals surface area contributed by atoms with Crippen LogP contribution >= 0.6 is 23.6 Å². The van der Waals surface area contributed by atoms with Crippen LogP contribution in [0.25, 0.3) is 0 Å². The van der Waals surface area contributed by atoms with E-state index < -0.39 is 21.9 Å². The quantitative estimate of drug-likeness (QED) is 0.490. The summed E-state index contributed by atoms with van der Waals surface area (Å²) >= 11 is 6.24. The van der Waals surface area contributed by atoms with Gasteiger partial charge >= 0.3 is 5.97 Å². The molecule has 1 aliphatic rings. The SMILES string of the molecule is CCOC(=O)c1csc(NC(=S)NC(=O)c2ccc(S(=O)(=O)N3CCCC3)cc2)n1. The Labute approximate surface area is 183 Å². The lowest BCUT2D eigenvalue weighted by Crippen LogP contribution is -2.34. The van der Waals surface area contributed by atoms with Gasteiger partial charge in [-0.3, -0.25) is 10.1 Å². The molecule has 0 radical (unpaired) electrons. The summed E-state index contributed by atoms with van der Waals surface area (Å²) in [4.78, 5) is 28.2. The number of esters is 1. The van der Waals surface area contributed by atoms with Crippen molar-refractivity contribution >= 4 is 55.7 Å². The van der Waals surface area contributed by atoms with Crippen LogP contribution in [0.4, 0.5) is 5.13 Å². The van der Waals surface area contributed by atoms with Crippen LogP contribution in [-0.2, 0) is 14.8 Å². The molecule has 1 aromatic heterocycles. The van der Waals surface area contributed by atoms with Crippen molar-refractivity contribution in [3.05, 3.63) is 40.9 Å². The Bertz CT molecular complexity index is 1040. The van der Waals surface area contributed by atoms with Gasteiger partial charge in [0.2, 0.25) is 10.0 Å². The van der Waals surface area contributed by atoms with E-state index in [9.17, 15) is 18.0 Å². The number of ether oxygens (including phenoxy) is 1. The van der Waals surface area contributed by atoms with E-state index in [0.717, 1.165) is 24.2 Å². The van der Waals surface area contributed by atoms with Crippen LogP contribution in [0.2, 0.25) is 0 Å². The highest BCUT2D eigenvalue weighted by Crippen LogP contribution is 2.21. The number of anilines is 1. The first-order valence-electron chi connectivity index (χ1n) is 9.16. The van der Waals surface area contributed by atoms with Gasteiger partial charge in [0, 0.05) is 24.0 Å². The van der Waals surface area contributed by atoms with Crippen LogP contribution in [0.3, 0.4) is 0 Å². The third-order valence-corrected chi connectivity index (χ3v) is 7.13. The smallest absolute Gasteiger partial charge is 0.357 e. The highest BCUT2D eigenvalue weighted by atomic mass is 32.2. The van der Waals surface area contributed by atoms with E-state index in [1.54, 1.807) is 6.92 Å². The molecule has 0 atom stereocenters. The molecule has 12 heteroatoms. The van der Waals surface area contributed by atoms with Crippen molar-refractivity contribution in [1.82, 2.24) is 14.6 Å². The van der Waals surface area contributed by atoms with E-state index >= 15 is 0 Å². The number of thiazole rings is 1. The summed E-state index contributed by atoms with van der Waals surface area (Å²) in [5.41, 5.74) is 0.402. The lowest BCUT2D eigenvalue weighted by molar-refractivity contribution is 0.0520. The van der Waals surface area contributed by atoms with Gasteiger partial charge in [-0.15, -0.1) is 11.3 Å². The molecule has 30 heavy (non-hydrogen) atoms. The zero-order chi connectivity index (χ0) is 21.7. The van der Waals surface area contributed by atoms with Gasteiger partial charge in [0.15, 0.2) is 15.9 Å². The highest BCUT2D eigenvalue weighted by Gasteiger charge is 2.27.